The molecule has 3 heteroatoms. The summed E-state index contributed by atoms with van der Waals surface area (Å²) in [5.41, 5.74) is 2.19. The second kappa shape index (κ2) is 5.05. The van der Waals surface area contributed by atoms with Gasteiger partial charge in [0.15, 0.2) is 0 Å². The van der Waals surface area contributed by atoms with Crippen molar-refractivity contribution in [3.8, 4) is 0 Å². The molecule has 0 aliphatic heterocycles. The molecule has 1 nitrogen and oxygen atoms in total. The van der Waals surface area contributed by atoms with E-state index in [2.05, 4.69) is 5.32 Å². The molecule has 0 saturated carbocycles. The highest BCUT2D eigenvalue weighted by Crippen LogP contribution is 2.05. The average Bonchev–Trinajstić information content (AvgIpc) is 2.14. The van der Waals surface area contributed by atoms with Crippen LogP contribution in [0.3, 0.4) is 0 Å². The molecule has 1 rings (SSSR count). The third kappa shape index (κ3) is 3.42. The Morgan fingerprint density at radius 3 is 2.64 bits per heavy atom. The molecule has 0 fully saturated rings. The number of alkyl halides is 2. The fourth-order valence-corrected chi connectivity index (χ4v) is 1.19. The van der Waals surface area contributed by atoms with Crippen molar-refractivity contribution in [2.75, 3.05) is 0 Å². The van der Waals surface area contributed by atoms with E-state index in [0.29, 0.717) is 6.54 Å². The molecule has 0 aliphatic rings. The molecule has 0 heterocycles. The molecule has 1 aromatic rings. The van der Waals surface area contributed by atoms with Gasteiger partial charge in [0.25, 0.3) is 6.43 Å². The molecule has 0 radical (unpaired) electrons. The van der Waals surface area contributed by atoms with Crippen LogP contribution in [0.25, 0.3) is 0 Å². The summed E-state index contributed by atoms with van der Waals surface area (Å²) in [4.78, 5) is 0. The zero-order chi connectivity index (χ0) is 10.6. The highest BCUT2D eigenvalue weighted by Gasteiger charge is 2.12. The van der Waals surface area contributed by atoms with E-state index >= 15 is 0 Å². The Morgan fingerprint density at radius 1 is 1.36 bits per heavy atom. The maximum Gasteiger partial charge on any atom is 0.253 e. The van der Waals surface area contributed by atoms with Crippen LogP contribution in [0, 0.1) is 6.92 Å². The molecule has 0 aliphatic carbocycles. The van der Waals surface area contributed by atoms with Crippen LogP contribution in [0.2, 0.25) is 0 Å². The normalized spacial score (nSPS) is 13.2. The van der Waals surface area contributed by atoms with E-state index in [1.54, 1.807) is 0 Å². The molecule has 78 valence electrons. The fourth-order valence-electron chi connectivity index (χ4n) is 1.19. The summed E-state index contributed by atoms with van der Waals surface area (Å²) in [6.45, 7) is 3.97. The molecule has 14 heavy (non-hydrogen) atoms. The minimum atomic E-state index is -2.31. The van der Waals surface area contributed by atoms with Crippen molar-refractivity contribution >= 4 is 0 Å². The lowest BCUT2D eigenvalue weighted by atomic mass is 10.1. The van der Waals surface area contributed by atoms with Crippen LogP contribution in [0.5, 0.6) is 0 Å². The zero-order valence-corrected chi connectivity index (χ0v) is 8.43. The van der Waals surface area contributed by atoms with E-state index in [4.69, 9.17) is 0 Å². The quantitative estimate of drug-likeness (QED) is 0.786. The number of benzene rings is 1. The van der Waals surface area contributed by atoms with Gasteiger partial charge in [-0.25, -0.2) is 8.78 Å². The van der Waals surface area contributed by atoms with Gasteiger partial charge in [-0.1, -0.05) is 29.8 Å². The Hall–Kier alpha value is -0.960. The molecule has 1 N–H and O–H groups in total. The lowest BCUT2D eigenvalue weighted by Crippen LogP contribution is -2.31. The van der Waals surface area contributed by atoms with Crippen LogP contribution >= 0.6 is 0 Å². The average molecular weight is 199 g/mol. The largest absolute Gasteiger partial charge is 0.305 e. The Bertz CT molecular complexity index is 286. The predicted octanol–water partition coefficient (Wildman–Crippen LogP) is 2.74. The molecular weight excluding hydrogens is 184 g/mol. The standard InChI is InChI=1S/C11H15F2N/c1-8-4-3-5-10(6-8)7-14-9(2)11(12)13/h3-6,9,11,14H,7H2,1-2H3. The monoisotopic (exact) mass is 199 g/mol. The smallest absolute Gasteiger partial charge is 0.253 e. The SMILES string of the molecule is Cc1cccc(CNC(C)C(F)F)c1. The molecule has 1 aromatic carbocycles. The molecule has 1 atom stereocenters. The summed E-state index contributed by atoms with van der Waals surface area (Å²) >= 11 is 0. The van der Waals surface area contributed by atoms with Gasteiger partial charge in [-0.15, -0.1) is 0 Å². The summed E-state index contributed by atoms with van der Waals surface area (Å²) < 4.78 is 24.3. The summed E-state index contributed by atoms with van der Waals surface area (Å²) in [7, 11) is 0. The van der Waals surface area contributed by atoms with Crippen molar-refractivity contribution in [2.45, 2.75) is 32.9 Å². The second-order valence-corrected chi connectivity index (χ2v) is 3.49. The Labute approximate surface area is 83.1 Å². The minimum Gasteiger partial charge on any atom is -0.305 e. The number of hydrogen-bond acceptors (Lipinski definition) is 1. The summed E-state index contributed by atoms with van der Waals surface area (Å²) in [6.07, 6.45) is -2.31. The van der Waals surface area contributed by atoms with Gasteiger partial charge in [0.05, 0.1) is 6.04 Å². The van der Waals surface area contributed by atoms with E-state index in [0.717, 1.165) is 11.1 Å². The minimum absolute atomic E-state index is 0.493. The second-order valence-electron chi connectivity index (χ2n) is 3.49. The van der Waals surface area contributed by atoms with E-state index in [1.807, 2.05) is 31.2 Å². The van der Waals surface area contributed by atoms with E-state index in [1.165, 1.54) is 6.92 Å². The first-order valence-electron chi connectivity index (χ1n) is 4.66. The predicted molar refractivity (Wildman–Crippen MR) is 53.5 cm³/mol. The third-order valence-corrected chi connectivity index (χ3v) is 2.09. The first kappa shape index (κ1) is 11.1. The van der Waals surface area contributed by atoms with Gasteiger partial charge in [0, 0.05) is 6.54 Å². The van der Waals surface area contributed by atoms with Crippen molar-refractivity contribution in [1.29, 1.82) is 0 Å². The van der Waals surface area contributed by atoms with Crippen LogP contribution in [0.15, 0.2) is 24.3 Å². The molecule has 0 saturated heterocycles. The van der Waals surface area contributed by atoms with Gasteiger partial charge < -0.3 is 5.32 Å². The fraction of sp³-hybridized carbons (Fsp3) is 0.455. The Balaban J connectivity index is 2.45. The summed E-state index contributed by atoms with van der Waals surface area (Å²) in [5.74, 6) is 0. The van der Waals surface area contributed by atoms with Crippen molar-refractivity contribution in [3.05, 3.63) is 35.4 Å². The molecule has 0 amide bonds. The van der Waals surface area contributed by atoms with Crippen LogP contribution in [-0.4, -0.2) is 12.5 Å². The molecule has 1 unspecified atom stereocenters. The van der Waals surface area contributed by atoms with E-state index in [9.17, 15) is 8.78 Å². The Kier molecular flexibility index (Phi) is 4.01. The number of nitrogens with one attached hydrogen (secondary N) is 1. The zero-order valence-electron chi connectivity index (χ0n) is 8.43. The third-order valence-electron chi connectivity index (χ3n) is 2.09. The van der Waals surface area contributed by atoms with Crippen LogP contribution in [0.1, 0.15) is 18.1 Å². The van der Waals surface area contributed by atoms with Gasteiger partial charge in [-0.05, 0) is 19.4 Å². The molecule has 0 bridgehead atoms. The number of rotatable bonds is 4. The topological polar surface area (TPSA) is 12.0 Å². The van der Waals surface area contributed by atoms with E-state index in [-0.39, 0.29) is 0 Å². The van der Waals surface area contributed by atoms with Gasteiger partial charge in [-0.2, -0.15) is 0 Å². The summed E-state index contributed by atoms with van der Waals surface area (Å²) in [6, 6.07) is 7.08. The number of hydrogen-bond donors (Lipinski definition) is 1. The van der Waals surface area contributed by atoms with Crippen molar-refractivity contribution < 1.29 is 8.78 Å². The van der Waals surface area contributed by atoms with Crippen LogP contribution in [-0.2, 0) is 6.54 Å². The first-order chi connectivity index (χ1) is 6.59. The van der Waals surface area contributed by atoms with Crippen LogP contribution < -0.4 is 5.32 Å². The first-order valence-corrected chi connectivity index (χ1v) is 4.66. The molecular formula is C11H15F2N. The number of halogens is 2. The highest BCUT2D eigenvalue weighted by molar-refractivity contribution is 5.21. The van der Waals surface area contributed by atoms with Crippen LogP contribution in [0.4, 0.5) is 8.78 Å². The van der Waals surface area contributed by atoms with Gasteiger partial charge >= 0.3 is 0 Å². The van der Waals surface area contributed by atoms with E-state index < -0.39 is 12.5 Å². The lowest BCUT2D eigenvalue weighted by Gasteiger charge is -2.12. The summed E-state index contributed by atoms with van der Waals surface area (Å²) in [5, 5.41) is 2.78. The lowest BCUT2D eigenvalue weighted by molar-refractivity contribution is 0.105. The molecule has 0 spiro atoms. The Morgan fingerprint density at radius 2 is 2.07 bits per heavy atom. The maximum absolute atomic E-state index is 12.1. The van der Waals surface area contributed by atoms with Gasteiger partial charge in [0.2, 0.25) is 0 Å². The van der Waals surface area contributed by atoms with Crippen molar-refractivity contribution in [2.24, 2.45) is 0 Å². The van der Waals surface area contributed by atoms with Gasteiger partial charge in [-0.3, -0.25) is 0 Å². The highest BCUT2D eigenvalue weighted by atomic mass is 19.3. The number of aryl methyl sites for hydroxylation is 1. The van der Waals surface area contributed by atoms with Crippen molar-refractivity contribution in [3.63, 3.8) is 0 Å². The molecule has 0 aromatic heterocycles. The van der Waals surface area contributed by atoms with Gasteiger partial charge in [0.1, 0.15) is 0 Å². The maximum atomic E-state index is 12.1. The van der Waals surface area contributed by atoms with Crippen molar-refractivity contribution in [1.82, 2.24) is 5.32 Å².